The molecule has 1 saturated carbocycles. The van der Waals surface area contributed by atoms with Crippen LogP contribution in [0.15, 0.2) is 48.5 Å². The van der Waals surface area contributed by atoms with Crippen molar-refractivity contribution in [1.29, 1.82) is 0 Å². The van der Waals surface area contributed by atoms with Crippen molar-refractivity contribution in [3.8, 4) is 11.1 Å². The SMILES string of the molecule is CCC(C)(NC(=O)C[C@@H]1CCC[C@H]1NC(=O)OCC1c2ccccc2-c2ccccc21)C(=O)O. The molecule has 0 aliphatic heterocycles. The lowest BCUT2D eigenvalue weighted by molar-refractivity contribution is -0.147. The molecule has 0 spiro atoms. The molecule has 3 atom stereocenters. The fourth-order valence-corrected chi connectivity index (χ4v) is 5.15. The predicted octanol–water partition coefficient (Wildman–Crippen LogP) is 4.45. The molecule has 34 heavy (non-hydrogen) atoms. The van der Waals surface area contributed by atoms with E-state index in [0.29, 0.717) is 6.42 Å². The average Bonchev–Trinajstić information content (AvgIpc) is 3.39. The van der Waals surface area contributed by atoms with Gasteiger partial charge < -0.3 is 20.5 Å². The number of hydrogen-bond donors (Lipinski definition) is 3. The van der Waals surface area contributed by atoms with E-state index in [9.17, 15) is 19.5 Å². The number of aliphatic carboxylic acids is 1. The van der Waals surface area contributed by atoms with Gasteiger partial charge in [-0.05, 0) is 54.4 Å². The lowest BCUT2D eigenvalue weighted by Crippen LogP contribution is -2.52. The molecule has 1 fully saturated rings. The van der Waals surface area contributed by atoms with E-state index < -0.39 is 17.6 Å². The molecule has 4 rings (SSSR count). The number of carbonyl (C=O) groups is 3. The van der Waals surface area contributed by atoms with E-state index in [1.807, 2.05) is 24.3 Å². The first-order chi connectivity index (χ1) is 16.3. The number of alkyl carbamates (subject to hydrolysis) is 1. The fraction of sp³-hybridized carbons (Fsp3) is 0.444. The first kappa shape index (κ1) is 23.8. The van der Waals surface area contributed by atoms with Crippen LogP contribution in [-0.2, 0) is 14.3 Å². The molecule has 3 N–H and O–H groups in total. The lowest BCUT2D eigenvalue weighted by atomic mass is 9.95. The predicted molar refractivity (Wildman–Crippen MR) is 128 cm³/mol. The van der Waals surface area contributed by atoms with Crippen LogP contribution in [0.5, 0.6) is 0 Å². The zero-order valence-corrected chi connectivity index (χ0v) is 19.7. The molecule has 180 valence electrons. The third-order valence-corrected chi connectivity index (χ3v) is 7.35. The normalized spacial score (nSPS) is 20.6. The van der Waals surface area contributed by atoms with E-state index in [0.717, 1.165) is 30.4 Å². The number of amides is 2. The zero-order chi connectivity index (χ0) is 24.3. The largest absolute Gasteiger partial charge is 0.480 e. The van der Waals surface area contributed by atoms with E-state index in [4.69, 9.17) is 4.74 Å². The molecule has 2 aromatic carbocycles. The molecule has 1 unspecified atom stereocenters. The van der Waals surface area contributed by atoms with Gasteiger partial charge in [0, 0.05) is 18.4 Å². The highest BCUT2D eigenvalue weighted by atomic mass is 16.5. The van der Waals surface area contributed by atoms with Gasteiger partial charge >= 0.3 is 12.1 Å². The van der Waals surface area contributed by atoms with Crippen LogP contribution in [-0.4, -0.2) is 41.3 Å². The minimum atomic E-state index is -1.29. The molecule has 2 aliphatic carbocycles. The quantitative estimate of drug-likeness (QED) is 0.535. The van der Waals surface area contributed by atoms with Gasteiger partial charge in [0.05, 0.1) is 0 Å². The fourth-order valence-electron chi connectivity index (χ4n) is 5.15. The van der Waals surface area contributed by atoms with E-state index in [1.165, 1.54) is 18.1 Å². The number of carboxylic acids is 1. The highest BCUT2D eigenvalue weighted by Crippen LogP contribution is 2.44. The number of rotatable bonds is 8. The standard InChI is InChI=1S/C27H32N2O5/c1-3-27(2,25(31)32)29-24(30)15-17-9-8-14-23(17)28-26(33)34-16-22-20-12-6-4-10-18(20)19-11-5-7-13-21(19)22/h4-7,10-13,17,22-23H,3,8-9,14-16H2,1-2H3,(H,28,33)(H,29,30)(H,31,32)/t17-,23+,27?/m0/s1. The molecule has 2 aliphatic rings. The monoisotopic (exact) mass is 464 g/mol. The van der Waals surface area contributed by atoms with E-state index >= 15 is 0 Å². The number of ether oxygens (including phenoxy) is 1. The Hall–Kier alpha value is -3.35. The van der Waals surface area contributed by atoms with Crippen molar-refractivity contribution in [2.75, 3.05) is 6.61 Å². The Bertz CT molecular complexity index is 1040. The van der Waals surface area contributed by atoms with Crippen molar-refractivity contribution in [2.24, 2.45) is 5.92 Å². The first-order valence-corrected chi connectivity index (χ1v) is 12.0. The van der Waals surface area contributed by atoms with Crippen LogP contribution in [0.25, 0.3) is 11.1 Å². The summed E-state index contributed by atoms with van der Waals surface area (Å²) in [4.78, 5) is 36.7. The van der Waals surface area contributed by atoms with Crippen LogP contribution in [0.1, 0.15) is 63.0 Å². The smallest absolute Gasteiger partial charge is 0.407 e. The maximum atomic E-state index is 12.7. The van der Waals surface area contributed by atoms with Gasteiger partial charge in [-0.15, -0.1) is 0 Å². The second-order valence-electron chi connectivity index (χ2n) is 9.51. The minimum Gasteiger partial charge on any atom is -0.480 e. The molecule has 0 radical (unpaired) electrons. The van der Waals surface area contributed by atoms with Crippen LogP contribution in [0.2, 0.25) is 0 Å². The Labute approximate surface area is 199 Å². The summed E-state index contributed by atoms with van der Waals surface area (Å²) in [6, 6.07) is 16.2. The van der Waals surface area contributed by atoms with Crippen molar-refractivity contribution in [3.05, 3.63) is 59.7 Å². The summed E-state index contributed by atoms with van der Waals surface area (Å²) < 4.78 is 5.66. The second kappa shape index (κ2) is 9.87. The Kier molecular flexibility index (Phi) is 6.91. The third-order valence-electron chi connectivity index (χ3n) is 7.35. The van der Waals surface area contributed by atoms with Gasteiger partial charge in [-0.25, -0.2) is 9.59 Å². The molecule has 7 nitrogen and oxygen atoms in total. The van der Waals surface area contributed by atoms with Gasteiger partial charge in [0.25, 0.3) is 0 Å². The highest BCUT2D eigenvalue weighted by molar-refractivity contribution is 5.86. The number of benzene rings is 2. The average molecular weight is 465 g/mol. The third kappa shape index (κ3) is 4.79. The van der Waals surface area contributed by atoms with E-state index in [1.54, 1.807) is 6.92 Å². The van der Waals surface area contributed by atoms with Gasteiger partial charge in [-0.3, -0.25) is 4.79 Å². The Morgan fingerprint density at radius 1 is 1.03 bits per heavy atom. The Morgan fingerprint density at radius 2 is 1.65 bits per heavy atom. The van der Waals surface area contributed by atoms with Crippen LogP contribution in [0, 0.1) is 5.92 Å². The van der Waals surface area contributed by atoms with Crippen molar-refractivity contribution in [3.63, 3.8) is 0 Å². The lowest BCUT2D eigenvalue weighted by Gasteiger charge is -2.26. The Balaban J connectivity index is 1.33. The summed E-state index contributed by atoms with van der Waals surface area (Å²) in [6.07, 6.45) is 2.46. The number of fused-ring (bicyclic) bond motifs is 3. The summed E-state index contributed by atoms with van der Waals surface area (Å²) in [5.74, 6) is -1.41. The summed E-state index contributed by atoms with van der Waals surface area (Å²) in [5, 5.41) is 15.0. The van der Waals surface area contributed by atoms with Crippen LogP contribution in [0.3, 0.4) is 0 Å². The van der Waals surface area contributed by atoms with Gasteiger partial charge in [0.1, 0.15) is 12.1 Å². The molecule has 2 amide bonds. The molecular formula is C27H32N2O5. The van der Waals surface area contributed by atoms with Gasteiger partial charge in [0.2, 0.25) is 5.91 Å². The van der Waals surface area contributed by atoms with E-state index in [-0.39, 0.29) is 36.8 Å². The summed E-state index contributed by atoms with van der Waals surface area (Å²) in [5.41, 5.74) is 3.38. The van der Waals surface area contributed by atoms with Crippen molar-refractivity contribution >= 4 is 18.0 Å². The van der Waals surface area contributed by atoms with Crippen LogP contribution >= 0.6 is 0 Å². The molecular weight excluding hydrogens is 432 g/mol. The number of nitrogens with one attached hydrogen (secondary N) is 2. The number of carbonyl (C=O) groups excluding carboxylic acids is 2. The molecule has 0 bridgehead atoms. The highest BCUT2D eigenvalue weighted by Gasteiger charge is 2.36. The number of carboxylic acid groups (broad SMARTS) is 1. The zero-order valence-electron chi connectivity index (χ0n) is 19.7. The molecule has 0 heterocycles. The van der Waals surface area contributed by atoms with Gasteiger partial charge in [-0.2, -0.15) is 0 Å². The maximum Gasteiger partial charge on any atom is 0.407 e. The molecule has 7 heteroatoms. The van der Waals surface area contributed by atoms with Crippen LogP contribution in [0.4, 0.5) is 4.79 Å². The van der Waals surface area contributed by atoms with Crippen molar-refractivity contribution < 1.29 is 24.2 Å². The summed E-state index contributed by atoms with van der Waals surface area (Å²) >= 11 is 0. The molecule has 0 saturated heterocycles. The summed E-state index contributed by atoms with van der Waals surface area (Å²) in [6.45, 7) is 3.48. The minimum absolute atomic E-state index is 0.00829. The first-order valence-electron chi connectivity index (χ1n) is 12.0. The van der Waals surface area contributed by atoms with Crippen molar-refractivity contribution in [1.82, 2.24) is 10.6 Å². The van der Waals surface area contributed by atoms with Gasteiger partial charge in [-0.1, -0.05) is 61.9 Å². The number of hydrogen-bond acceptors (Lipinski definition) is 4. The van der Waals surface area contributed by atoms with E-state index in [2.05, 4.69) is 34.9 Å². The molecule has 2 aromatic rings. The Morgan fingerprint density at radius 3 is 2.24 bits per heavy atom. The summed E-state index contributed by atoms with van der Waals surface area (Å²) in [7, 11) is 0. The van der Waals surface area contributed by atoms with Crippen LogP contribution < -0.4 is 10.6 Å². The van der Waals surface area contributed by atoms with Crippen molar-refractivity contribution in [2.45, 2.75) is 63.5 Å². The van der Waals surface area contributed by atoms with Gasteiger partial charge in [0.15, 0.2) is 0 Å². The molecule has 0 aromatic heterocycles. The topological polar surface area (TPSA) is 105 Å². The maximum absolute atomic E-state index is 12.7. The second-order valence-corrected chi connectivity index (χ2v) is 9.51.